The molecule has 3 rings (SSSR count). The number of nitro groups is 1. The van der Waals surface area contributed by atoms with Gasteiger partial charge in [-0.15, -0.1) is 0 Å². The highest BCUT2D eigenvalue weighted by atomic mass is 16.6. The third-order valence-electron chi connectivity index (χ3n) is 4.40. The Hall–Kier alpha value is -3.91. The summed E-state index contributed by atoms with van der Waals surface area (Å²) >= 11 is 0. The van der Waals surface area contributed by atoms with Gasteiger partial charge in [-0.3, -0.25) is 10.1 Å². The van der Waals surface area contributed by atoms with E-state index >= 15 is 0 Å². The summed E-state index contributed by atoms with van der Waals surface area (Å²) < 4.78 is 6.02. The van der Waals surface area contributed by atoms with E-state index in [1.165, 1.54) is 23.3 Å². The van der Waals surface area contributed by atoms with E-state index in [1.807, 2.05) is 24.3 Å². The maximum absolute atomic E-state index is 10.8. The predicted octanol–water partition coefficient (Wildman–Crippen LogP) is 5.85. The smallest absolute Gasteiger partial charge is 0.269 e. The first-order valence-electron chi connectivity index (χ1n) is 9.12. The van der Waals surface area contributed by atoms with Crippen molar-refractivity contribution in [2.45, 2.75) is 20.5 Å². The van der Waals surface area contributed by atoms with Gasteiger partial charge in [-0.1, -0.05) is 47.5 Å². The summed E-state index contributed by atoms with van der Waals surface area (Å²) in [6, 6.07) is 21.9. The van der Waals surface area contributed by atoms with Crippen LogP contribution in [0.5, 0.6) is 5.75 Å². The van der Waals surface area contributed by atoms with Crippen molar-refractivity contribution in [1.29, 1.82) is 5.26 Å². The topological polar surface area (TPSA) is 76.2 Å². The molecule has 5 heteroatoms. The molecule has 0 heterocycles. The third kappa shape index (κ3) is 5.08. The molecule has 3 aromatic rings. The number of ether oxygens (including phenoxy) is 1. The largest absolute Gasteiger partial charge is 0.488 e. The molecule has 5 nitrogen and oxygen atoms in total. The molecule has 0 saturated carbocycles. The van der Waals surface area contributed by atoms with E-state index in [0.717, 1.165) is 11.1 Å². The summed E-state index contributed by atoms with van der Waals surface area (Å²) in [6.07, 6.45) is 1.73. The van der Waals surface area contributed by atoms with Gasteiger partial charge in [0.15, 0.2) is 0 Å². The number of hydrogen-bond donors (Lipinski definition) is 0. The molecule has 0 spiro atoms. The van der Waals surface area contributed by atoms with Crippen molar-refractivity contribution in [3.63, 3.8) is 0 Å². The molecule has 0 saturated heterocycles. The molecule has 0 atom stereocenters. The van der Waals surface area contributed by atoms with Crippen molar-refractivity contribution in [1.82, 2.24) is 0 Å². The number of nitriles is 1. The minimum absolute atomic E-state index is 0.0109. The number of aryl methyl sites for hydroxylation is 2. The van der Waals surface area contributed by atoms with Crippen LogP contribution in [0.2, 0.25) is 0 Å². The summed E-state index contributed by atoms with van der Waals surface area (Å²) in [7, 11) is 0. The zero-order chi connectivity index (χ0) is 20.8. The predicted molar refractivity (Wildman–Crippen MR) is 113 cm³/mol. The first-order chi connectivity index (χ1) is 14.0. The molecule has 0 aromatic heterocycles. The number of non-ortho nitro benzene ring substituents is 1. The quantitative estimate of drug-likeness (QED) is 0.231. The van der Waals surface area contributed by atoms with Gasteiger partial charge in [-0.25, -0.2) is 0 Å². The SMILES string of the molecule is Cc1cc(C)cc(COc2ccccc2C=C(C#N)c2ccc([N+](=O)[O-])cc2)c1. The minimum atomic E-state index is -0.463. The van der Waals surface area contributed by atoms with Gasteiger partial charge >= 0.3 is 0 Å². The van der Waals surface area contributed by atoms with Crippen molar-refractivity contribution in [2.24, 2.45) is 0 Å². The summed E-state index contributed by atoms with van der Waals surface area (Å²) in [5.74, 6) is 0.668. The fourth-order valence-electron chi connectivity index (χ4n) is 3.14. The third-order valence-corrected chi connectivity index (χ3v) is 4.40. The zero-order valence-electron chi connectivity index (χ0n) is 16.3. The lowest BCUT2D eigenvalue weighted by atomic mass is 10.0. The van der Waals surface area contributed by atoms with E-state index in [1.54, 1.807) is 18.2 Å². The Balaban J connectivity index is 1.86. The van der Waals surface area contributed by atoms with Crippen molar-refractivity contribution in [3.05, 3.63) is 105 Å². The van der Waals surface area contributed by atoms with Crippen LogP contribution in [0.1, 0.15) is 27.8 Å². The molecule has 3 aromatic carbocycles. The molecule has 0 N–H and O–H groups in total. The van der Waals surface area contributed by atoms with Crippen LogP contribution in [0.3, 0.4) is 0 Å². The normalized spacial score (nSPS) is 11.0. The van der Waals surface area contributed by atoms with Crippen LogP contribution in [0.25, 0.3) is 11.6 Å². The number of nitrogens with zero attached hydrogens (tertiary/aromatic N) is 2. The Morgan fingerprint density at radius 1 is 1.07 bits per heavy atom. The highest BCUT2D eigenvalue weighted by molar-refractivity contribution is 5.90. The van der Waals surface area contributed by atoms with E-state index in [9.17, 15) is 15.4 Å². The molecule has 0 aliphatic heterocycles. The van der Waals surface area contributed by atoms with E-state index in [-0.39, 0.29) is 5.69 Å². The summed E-state index contributed by atoms with van der Waals surface area (Å²) in [5.41, 5.74) is 5.22. The average Bonchev–Trinajstić information content (AvgIpc) is 2.70. The van der Waals surface area contributed by atoms with Crippen LogP contribution in [0.4, 0.5) is 5.69 Å². The Kier molecular flexibility index (Phi) is 6.06. The molecule has 29 heavy (non-hydrogen) atoms. The summed E-state index contributed by atoms with van der Waals surface area (Å²) in [6.45, 7) is 4.53. The maximum Gasteiger partial charge on any atom is 0.269 e. The van der Waals surface area contributed by atoms with Crippen LogP contribution in [-0.4, -0.2) is 4.92 Å². The molecule has 0 radical (unpaired) electrons. The molecule has 144 valence electrons. The van der Waals surface area contributed by atoms with Gasteiger partial charge in [0.2, 0.25) is 0 Å². The van der Waals surface area contributed by atoms with Gasteiger partial charge in [0.1, 0.15) is 12.4 Å². The Bertz CT molecular complexity index is 1090. The number of benzene rings is 3. The second kappa shape index (κ2) is 8.85. The lowest BCUT2D eigenvalue weighted by molar-refractivity contribution is -0.384. The van der Waals surface area contributed by atoms with Gasteiger partial charge in [-0.05, 0) is 49.2 Å². The summed E-state index contributed by atoms with van der Waals surface area (Å²) in [5, 5.41) is 20.4. The second-order valence-electron chi connectivity index (χ2n) is 6.80. The fraction of sp³-hybridized carbons (Fsp3) is 0.125. The van der Waals surface area contributed by atoms with Gasteiger partial charge in [0.05, 0.1) is 16.6 Å². The molecule has 0 fully saturated rings. The van der Waals surface area contributed by atoms with Gasteiger partial charge in [0, 0.05) is 17.7 Å². The van der Waals surface area contributed by atoms with Crippen LogP contribution in [0.15, 0.2) is 66.7 Å². The number of rotatable bonds is 6. The number of nitro benzene ring substituents is 1. The first-order valence-corrected chi connectivity index (χ1v) is 9.12. The molecular weight excluding hydrogens is 364 g/mol. The van der Waals surface area contributed by atoms with Gasteiger partial charge in [-0.2, -0.15) is 5.26 Å². The molecule has 0 aliphatic rings. The van der Waals surface area contributed by atoms with Crippen molar-refractivity contribution >= 4 is 17.3 Å². The lowest BCUT2D eigenvalue weighted by Crippen LogP contribution is -1.98. The number of hydrogen-bond acceptors (Lipinski definition) is 4. The van der Waals surface area contributed by atoms with E-state index in [0.29, 0.717) is 23.5 Å². The lowest BCUT2D eigenvalue weighted by Gasteiger charge is -2.11. The summed E-state index contributed by atoms with van der Waals surface area (Å²) in [4.78, 5) is 10.4. The van der Waals surface area contributed by atoms with Crippen molar-refractivity contribution < 1.29 is 9.66 Å². The van der Waals surface area contributed by atoms with Crippen molar-refractivity contribution in [2.75, 3.05) is 0 Å². The highest BCUT2D eigenvalue weighted by Crippen LogP contribution is 2.26. The van der Waals surface area contributed by atoms with Crippen LogP contribution >= 0.6 is 0 Å². The monoisotopic (exact) mass is 384 g/mol. The average molecular weight is 384 g/mol. The molecular formula is C24H20N2O3. The Morgan fingerprint density at radius 3 is 2.34 bits per heavy atom. The molecule has 0 bridgehead atoms. The Morgan fingerprint density at radius 2 is 1.72 bits per heavy atom. The first kappa shape index (κ1) is 19.8. The zero-order valence-corrected chi connectivity index (χ0v) is 16.3. The second-order valence-corrected chi connectivity index (χ2v) is 6.80. The van der Waals surface area contributed by atoms with Crippen LogP contribution in [0, 0.1) is 35.3 Å². The fourth-order valence-corrected chi connectivity index (χ4v) is 3.14. The highest BCUT2D eigenvalue weighted by Gasteiger charge is 2.09. The minimum Gasteiger partial charge on any atom is -0.488 e. The molecule has 0 unspecified atom stereocenters. The van der Waals surface area contributed by atoms with Crippen LogP contribution < -0.4 is 4.74 Å². The van der Waals surface area contributed by atoms with E-state index < -0.39 is 4.92 Å². The number of para-hydroxylation sites is 1. The van der Waals surface area contributed by atoms with Crippen LogP contribution in [-0.2, 0) is 6.61 Å². The Labute approximate surface area is 169 Å². The molecule has 0 aliphatic carbocycles. The maximum atomic E-state index is 10.8. The number of allylic oxidation sites excluding steroid dienone is 1. The van der Waals surface area contributed by atoms with Gasteiger partial charge in [0.25, 0.3) is 5.69 Å². The standard InChI is InChI=1S/C24H20N2O3/c1-17-11-18(2)13-19(12-17)16-29-24-6-4-3-5-21(24)14-22(15-25)20-7-9-23(10-8-20)26(27)28/h3-14H,16H2,1-2H3. The van der Waals surface area contributed by atoms with E-state index in [2.05, 4.69) is 38.1 Å². The van der Waals surface area contributed by atoms with Crippen molar-refractivity contribution in [3.8, 4) is 11.8 Å². The van der Waals surface area contributed by atoms with Gasteiger partial charge < -0.3 is 4.74 Å². The van der Waals surface area contributed by atoms with E-state index in [4.69, 9.17) is 4.74 Å². The molecule has 0 amide bonds.